The minimum absolute atomic E-state index is 0. The van der Waals surface area contributed by atoms with Gasteiger partial charge in [-0.15, -0.1) is 12.4 Å². The average Bonchev–Trinajstić information content (AvgIpc) is 2.46. The molecule has 0 aliphatic carbocycles. The van der Waals surface area contributed by atoms with Crippen LogP contribution >= 0.6 is 12.4 Å². The van der Waals surface area contributed by atoms with E-state index in [2.05, 4.69) is 24.4 Å². The van der Waals surface area contributed by atoms with Crippen LogP contribution in [0.25, 0.3) is 0 Å². The van der Waals surface area contributed by atoms with Crippen molar-refractivity contribution in [3.05, 3.63) is 35.9 Å². The number of nitrogens with one attached hydrogen (secondary N) is 1. The lowest BCUT2D eigenvalue weighted by Gasteiger charge is -2.38. The van der Waals surface area contributed by atoms with Gasteiger partial charge in [0.05, 0.1) is 13.2 Å². The first kappa shape index (κ1) is 16.3. The van der Waals surface area contributed by atoms with Gasteiger partial charge in [-0.05, 0) is 24.6 Å². The van der Waals surface area contributed by atoms with Crippen LogP contribution in [-0.4, -0.2) is 43.6 Å². The molecule has 0 spiro atoms. The highest BCUT2D eigenvalue weighted by molar-refractivity contribution is 5.85. The molecule has 0 bridgehead atoms. The van der Waals surface area contributed by atoms with Crippen molar-refractivity contribution in [1.29, 1.82) is 0 Å². The summed E-state index contributed by atoms with van der Waals surface area (Å²) in [4.78, 5) is 14.5. The predicted molar refractivity (Wildman–Crippen MR) is 84.5 cm³/mol. The average molecular weight is 311 g/mol. The molecule has 116 valence electrons. The zero-order valence-corrected chi connectivity index (χ0v) is 13.1. The number of carbonyl (C=O) groups is 1. The van der Waals surface area contributed by atoms with E-state index in [1.165, 1.54) is 0 Å². The molecule has 0 radical (unpaired) electrons. The van der Waals surface area contributed by atoms with E-state index in [4.69, 9.17) is 4.74 Å². The summed E-state index contributed by atoms with van der Waals surface area (Å²) in [6.07, 6.45) is 0.0145. The highest BCUT2D eigenvalue weighted by Crippen LogP contribution is 2.25. The zero-order valence-electron chi connectivity index (χ0n) is 12.3. The fraction of sp³-hybridized carbons (Fsp3) is 0.562. The number of hydrogen-bond donors (Lipinski definition) is 1. The molecule has 2 saturated heterocycles. The van der Waals surface area contributed by atoms with E-state index in [9.17, 15) is 4.79 Å². The summed E-state index contributed by atoms with van der Waals surface area (Å²) in [5.41, 5.74) is 1.16. The van der Waals surface area contributed by atoms with Gasteiger partial charge in [0.15, 0.2) is 0 Å². The summed E-state index contributed by atoms with van der Waals surface area (Å²) >= 11 is 0. The third kappa shape index (κ3) is 3.57. The second kappa shape index (κ2) is 7.25. The van der Waals surface area contributed by atoms with Crippen LogP contribution in [0.15, 0.2) is 30.3 Å². The van der Waals surface area contributed by atoms with Crippen LogP contribution in [0.5, 0.6) is 0 Å². The van der Waals surface area contributed by atoms with Gasteiger partial charge >= 0.3 is 0 Å². The lowest BCUT2D eigenvalue weighted by molar-refractivity contribution is -0.145. The number of morpholine rings is 1. The lowest BCUT2D eigenvalue weighted by Crippen LogP contribution is -2.52. The molecule has 2 heterocycles. The summed E-state index contributed by atoms with van der Waals surface area (Å²) < 4.78 is 5.82. The van der Waals surface area contributed by atoms with Gasteiger partial charge in [0.2, 0.25) is 5.91 Å². The number of halogens is 1. The van der Waals surface area contributed by atoms with Crippen LogP contribution in [0.4, 0.5) is 0 Å². The first-order chi connectivity index (χ1) is 9.75. The third-order valence-corrected chi connectivity index (χ3v) is 4.46. The molecule has 2 fully saturated rings. The van der Waals surface area contributed by atoms with Crippen molar-refractivity contribution in [2.24, 2.45) is 11.8 Å². The third-order valence-electron chi connectivity index (χ3n) is 4.46. The molecule has 2 atom stereocenters. The molecular formula is C16H23ClN2O2. The number of carbonyl (C=O) groups excluding carboxylic acids is 1. The molecular weight excluding hydrogens is 288 g/mol. The van der Waals surface area contributed by atoms with Gasteiger partial charge in [-0.1, -0.05) is 37.3 Å². The summed E-state index contributed by atoms with van der Waals surface area (Å²) in [6.45, 7) is 6.01. The fourth-order valence-corrected chi connectivity index (χ4v) is 2.87. The standard InChI is InChI=1S/C16H22N2O2.ClH/c1-12(14-9-17-10-14)16(19)18-7-8-20-15(11-18)13-5-3-2-4-6-13;/h2-6,12,14-15,17H,7-11H2,1H3;1H. The molecule has 1 N–H and O–H groups in total. The van der Waals surface area contributed by atoms with Crippen LogP contribution in [-0.2, 0) is 9.53 Å². The van der Waals surface area contributed by atoms with E-state index in [0.717, 1.165) is 18.7 Å². The van der Waals surface area contributed by atoms with Gasteiger partial charge in [-0.25, -0.2) is 0 Å². The Morgan fingerprint density at radius 1 is 1.33 bits per heavy atom. The quantitative estimate of drug-likeness (QED) is 0.926. The first-order valence-corrected chi connectivity index (χ1v) is 7.42. The summed E-state index contributed by atoms with van der Waals surface area (Å²) in [5, 5.41) is 3.24. The fourth-order valence-electron chi connectivity index (χ4n) is 2.87. The second-order valence-electron chi connectivity index (χ2n) is 5.76. The lowest BCUT2D eigenvalue weighted by atomic mass is 9.87. The van der Waals surface area contributed by atoms with E-state index < -0.39 is 0 Å². The largest absolute Gasteiger partial charge is 0.370 e. The first-order valence-electron chi connectivity index (χ1n) is 7.42. The highest BCUT2D eigenvalue weighted by atomic mass is 35.5. The SMILES string of the molecule is CC(C(=O)N1CCOC(c2ccccc2)C1)C1CNC1.Cl. The Morgan fingerprint density at radius 2 is 2.05 bits per heavy atom. The molecule has 2 aliphatic heterocycles. The van der Waals surface area contributed by atoms with Crippen LogP contribution in [0.3, 0.4) is 0 Å². The molecule has 5 heteroatoms. The Bertz CT molecular complexity index is 465. The minimum atomic E-state index is 0. The topological polar surface area (TPSA) is 41.6 Å². The Kier molecular flexibility index (Phi) is 5.62. The van der Waals surface area contributed by atoms with Gasteiger partial charge in [-0.3, -0.25) is 4.79 Å². The van der Waals surface area contributed by atoms with Crippen LogP contribution in [0.1, 0.15) is 18.6 Å². The van der Waals surface area contributed by atoms with Gasteiger partial charge in [0, 0.05) is 12.5 Å². The number of hydrogen-bond acceptors (Lipinski definition) is 3. The molecule has 1 aromatic rings. The van der Waals surface area contributed by atoms with Crippen LogP contribution < -0.4 is 5.32 Å². The monoisotopic (exact) mass is 310 g/mol. The number of ether oxygens (including phenoxy) is 1. The van der Waals surface area contributed by atoms with Crippen molar-refractivity contribution < 1.29 is 9.53 Å². The van der Waals surface area contributed by atoms with Crippen LogP contribution in [0, 0.1) is 11.8 Å². The molecule has 1 amide bonds. The van der Waals surface area contributed by atoms with E-state index in [0.29, 0.717) is 25.6 Å². The Balaban J connectivity index is 0.00000161. The molecule has 0 aromatic heterocycles. The zero-order chi connectivity index (χ0) is 13.9. The van der Waals surface area contributed by atoms with Gasteiger partial charge in [-0.2, -0.15) is 0 Å². The Hall–Kier alpha value is -1.10. The normalized spacial score (nSPS) is 23.9. The molecule has 2 aliphatic rings. The number of nitrogens with zero attached hydrogens (tertiary/aromatic N) is 1. The molecule has 4 nitrogen and oxygen atoms in total. The molecule has 21 heavy (non-hydrogen) atoms. The molecule has 1 aromatic carbocycles. The van der Waals surface area contributed by atoms with Crippen molar-refractivity contribution in [3.8, 4) is 0 Å². The number of benzene rings is 1. The molecule has 0 saturated carbocycles. The number of rotatable bonds is 3. The van der Waals surface area contributed by atoms with E-state index in [-0.39, 0.29) is 30.3 Å². The van der Waals surface area contributed by atoms with E-state index in [1.807, 2.05) is 23.1 Å². The van der Waals surface area contributed by atoms with Crippen molar-refractivity contribution in [2.75, 3.05) is 32.8 Å². The molecule has 3 rings (SSSR count). The summed E-state index contributed by atoms with van der Waals surface area (Å²) in [6, 6.07) is 10.2. The van der Waals surface area contributed by atoms with E-state index >= 15 is 0 Å². The number of amides is 1. The van der Waals surface area contributed by atoms with Gasteiger partial charge in [0.25, 0.3) is 0 Å². The maximum absolute atomic E-state index is 12.6. The smallest absolute Gasteiger partial charge is 0.225 e. The maximum Gasteiger partial charge on any atom is 0.225 e. The van der Waals surface area contributed by atoms with Gasteiger partial charge < -0.3 is 15.0 Å². The van der Waals surface area contributed by atoms with Crippen LogP contribution in [0.2, 0.25) is 0 Å². The highest BCUT2D eigenvalue weighted by Gasteiger charge is 2.34. The maximum atomic E-state index is 12.6. The predicted octanol–water partition coefficient (Wildman–Crippen LogP) is 1.86. The summed E-state index contributed by atoms with van der Waals surface area (Å²) in [5.74, 6) is 0.895. The molecule has 2 unspecified atom stereocenters. The Morgan fingerprint density at radius 3 is 2.67 bits per heavy atom. The minimum Gasteiger partial charge on any atom is -0.370 e. The van der Waals surface area contributed by atoms with Crippen molar-refractivity contribution >= 4 is 18.3 Å². The van der Waals surface area contributed by atoms with Crippen molar-refractivity contribution in [1.82, 2.24) is 10.2 Å². The second-order valence-corrected chi connectivity index (χ2v) is 5.76. The van der Waals surface area contributed by atoms with Crippen molar-refractivity contribution in [3.63, 3.8) is 0 Å². The van der Waals surface area contributed by atoms with E-state index in [1.54, 1.807) is 0 Å². The van der Waals surface area contributed by atoms with Gasteiger partial charge in [0.1, 0.15) is 6.10 Å². The summed E-state index contributed by atoms with van der Waals surface area (Å²) in [7, 11) is 0. The Labute approximate surface area is 132 Å². The van der Waals surface area contributed by atoms with Crippen molar-refractivity contribution in [2.45, 2.75) is 13.0 Å².